The minimum atomic E-state index is -4.57. The standard InChI is InChI=1S/C25H20BrF2N2O6P/c1-34-24(31)19-11-9-18(10-12-19)23-15-29(21-5-3-2-4-6-21)25(32)30(23)14-17-7-8-20(22(26)13-17)16-37(33,35-27)36-28/h2-13,15H,14,16H2,1H3. The van der Waals surface area contributed by atoms with E-state index in [0.717, 1.165) is 0 Å². The molecule has 0 spiro atoms. The van der Waals surface area contributed by atoms with Crippen LogP contribution in [0.4, 0.5) is 9.05 Å². The second-order valence-electron chi connectivity index (χ2n) is 7.99. The average molecular weight is 593 g/mol. The van der Waals surface area contributed by atoms with Gasteiger partial charge in [0.2, 0.25) is 0 Å². The zero-order valence-corrected chi connectivity index (χ0v) is 21.8. The van der Waals surface area contributed by atoms with Crippen molar-refractivity contribution in [1.29, 1.82) is 0 Å². The van der Waals surface area contributed by atoms with Crippen molar-refractivity contribution in [3.8, 4) is 16.9 Å². The van der Waals surface area contributed by atoms with E-state index in [0.29, 0.717) is 32.5 Å². The van der Waals surface area contributed by atoms with Crippen molar-refractivity contribution < 1.29 is 32.6 Å². The number of hydrogen-bond donors (Lipinski definition) is 0. The van der Waals surface area contributed by atoms with Crippen LogP contribution < -0.4 is 5.69 Å². The van der Waals surface area contributed by atoms with E-state index < -0.39 is 19.7 Å². The number of carbonyl (C=O) groups is 1. The van der Waals surface area contributed by atoms with Crippen molar-refractivity contribution in [2.24, 2.45) is 0 Å². The smallest absolute Gasteiger partial charge is 0.399 e. The van der Waals surface area contributed by atoms with Gasteiger partial charge in [0.15, 0.2) is 0 Å². The second kappa shape index (κ2) is 11.4. The summed E-state index contributed by atoms with van der Waals surface area (Å²) in [6, 6.07) is 20.5. The third-order valence-electron chi connectivity index (χ3n) is 5.65. The summed E-state index contributed by atoms with van der Waals surface area (Å²) in [5.41, 5.74) is 2.98. The molecular weight excluding hydrogens is 573 g/mol. The number of para-hydroxylation sites is 1. The molecule has 0 radical (unpaired) electrons. The number of rotatable bonds is 9. The number of imidazole rings is 1. The maximum Gasteiger partial charge on any atom is 0.399 e. The van der Waals surface area contributed by atoms with Crippen LogP contribution in [0.3, 0.4) is 0 Å². The van der Waals surface area contributed by atoms with Gasteiger partial charge in [0.05, 0.1) is 36.8 Å². The largest absolute Gasteiger partial charge is 0.465 e. The summed E-state index contributed by atoms with van der Waals surface area (Å²) >= 11 is 3.31. The predicted octanol–water partition coefficient (Wildman–Crippen LogP) is 6.40. The van der Waals surface area contributed by atoms with Crippen LogP contribution in [0.2, 0.25) is 0 Å². The zero-order chi connectivity index (χ0) is 26.6. The highest BCUT2D eigenvalue weighted by atomic mass is 79.9. The van der Waals surface area contributed by atoms with Gasteiger partial charge in [0, 0.05) is 10.7 Å². The Hall–Kier alpha value is -3.37. The maximum absolute atomic E-state index is 13.5. The fraction of sp³-hybridized carbons (Fsp3) is 0.120. The van der Waals surface area contributed by atoms with Crippen molar-refractivity contribution in [3.63, 3.8) is 0 Å². The first-order valence-electron chi connectivity index (χ1n) is 10.8. The van der Waals surface area contributed by atoms with E-state index in [1.807, 2.05) is 18.2 Å². The van der Waals surface area contributed by atoms with Gasteiger partial charge in [-0.05, 0) is 56.1 Å². The van der Waals surface area contributed by atoms with Crippen molar-refractivity contribution in [2.75, 3.05) is 7.11 Å². The monoisotopic (exact) mass is 592 g/mol. The van der Waals surface area contributed by atoms with Crippen LogP contribution in [-0.4, -0.2) is 22.2 Å². The molecule has 3 aromatic carbocycles. The number of esters is 1. The Balaban J connectivity index is 1.75. The van der Waals surface area contributed by atoms with Gasteiger partial charge in [-0.2, -0.15) is 0 Å². The minimum absolute atomic E-state index is 0.141. The summed E-state index contributed by atoms with van der Waals surface area (Å²) in [4.78, 5) is 25.3. The maximum atomic E-state index is 13.5. The molecule has 0 aliphatic rings. The Bertz CT molecular complexity index is 1510. The van der Waals surface area contributed by atoms with Crippen molar-refractivity contribution in [3.05, 3.63) is 111 Å². The summed E-state index contributed by atoms with van der Waals surface area (Å²) in [5, 5.41) is 0. The molecule has 0 aliphatic heterocycles. The van der Waals surface area contributed by atoms with Gasteiger partial charge in [-0.15, -0.1) is 9.46 Å². The van der Waals surface area contributed by atoms with Gasteiger partial charge in [-0.25, -0.2) is 9.59 Å². The highest BCUT2D eigenvalue weighted by Crippen LogP contribution is 2.53. The summed E-state index contributed by atoms with van der Waals surface area (Å²) in [7, 11) is -3.27. The van der Waals surface area contributed by atoms with Crippen molar-refractivity contribution in [1.82, 2.24) is 9.13 Å². The van der Waals surface area contributed by atoms with E-state index in [1.54, 1.807) is 59.3 Å². The Morgan fingerprint density at radius 3 is 2.27 bits per heavy atom. The molecule has 0 N–H and O–H groups in total. The molecule has 1 aromatic heterocycles. The quantitative estimate of drug-likeness (QED) is 0.165. The molecular formula is C25H20BrF2N2O6P. The first-order valence-corrected chi connectivity index (χ1v) is 13.3. The molecule has 8 nitrogen and oxygen atoms in total. The minimum Gasteiger partial charge on any atom is -0.465 e. The number of benzene rings is 3. The van der Waals surface area contributed by atoms with E-state index in [1.165, 1.54) is 17.7 Å². The topological polar surface area (TPSA) is 88.8 Å². The molecule has 1 heterocycles. The van der Waals surface area contributed by atoms with Crippen LogP contribution in [0, 0.1) is 0 Å². The molecule has 0 unspecified atom stereocenters. The van der Waals surface area contributed by atoms with Gasteiger partial charge in [0.1, 0.15) is 0 Å². The van der Waals surface area contributed by atoms with Crippen molar-refractivity contribution >= 4 is 29.5 Å². The van der Waals surface area contributed by atoms with Gasteiger partial charge in [0.25, 0.3) is 0 Å². The molecule has 0 saturated carbocycles. The molecule has 0 fully saturated rings. The number of methoxy groups -OCH3 is 1. The van der Waals surface area contributed by atoms with Crippen LogP contribution in [0.1, 0.15) is 21.5 Å². The number of nitrogens with zero attached hydrogens (tertiary/aromatic N) is 2. The SMILES string of the molecule is COC(=O)c1ccc(-c2cn(-c3ccccc3)c(=O)n2Cc2ccc(CP(=O)(OF)OF)c(Br)c2)cc1. The molecule has 4 aromatic rings. The third kappa shape index (κ3) is 5.80. The highest BCUT2D eigenvalue weighted by Gasteiger charge is 2.29. The highest BCUT2D eigenvalue weighted by molar-refractivity contribution is 9.10. The van der Waals surface area contributed by atoms with Gasteiger partial charge < -0.3 is 4.74 Å². The fourth-order valence-electron chi connectivity index (χ4n) is 3.80. The summed E-state index contributed by atoms with van der Waals surface area (Å²) < 4.78 is 51.4. The molecule has 0 amide bonds. The molecule has 37 heavy (non-hydrogen) atoms. The lowest BCUT2D eigenvalue weighted by atomic mass is 10.1. The van der Waals surface area contributed by atoms with Gasteiger partial charge in [-0.1, -0.05) is 58.4 Å². The lowest BCUT2D eigenvalue weighted by Crippen LogP contribution is -2.24. The number of carbonyl (C=O) groups excluding carboxylic acids is 1. The lowest BCUT2D eigenvalue weighted by molar-refractivity contribution is -0.0881. The van der Waals surface area contributed by atoms with Crippen LogP contribution in [0.5, 0.6) is 0 Å². The molecule has 0 bridgehead atoms. The van der Waals surface area contributed by atoms with Crippen molar-refractivity contribution in [2.45, 2.75) is 12.7 Å². The average Bonchev–Trinajstić information content (AvgIpc) is 3.25. The molecule has 0 atom stereocenters. The third-order valence-corrected chi connectivity index (χ3v) is 7.53. The van der Waals surface area contributed by atoms with Gasteiger partial charge in [-0.3, -0.25) is 13.7 Å². The van der Waals surface area contributed by atoms with E-state index in [2.05, 4.69) is 25.4 Å². The van der Waals surface area contributed by atoms with Gasteiger partial charge >= 0.3 is 19.3 Å². The Labute approximate surface area is 218 Å². The van der Waals surface area contributed by atoms with E-state index in [9.17, 15) is 23.2 Å². The zero-order valence-electron chi connectivity index (χ0n) is 19.3. The normalized spacial score (nSPS) is 11.5. The number of halogens is 3. The number of aromatic nitrogens is 2. The van der Waals surface area contributed by atoms with Crippen LogP contribution in [0.15, 0.2) is 88.3 Å². The molecule has 12 heteroatoms. The van der Waals surface area contributed by atoms with E-state index >= 15 is 0 Å². The number of ether oxygens (including phenoxy) is 1. The Kier molecular flexibility index (Phi) is 8.19. The fourth-order valence-corrected chi connectivity index (χ4v) is 5.39. The lowest BCUT2D eigenvalue weighted by Gasteiger charge is -2.12. The first-order chi connectivity index (χ1) is 17.8. The Morgan fingerprint density at radius 2 is 1.68 bits per heavy atom. The first kappa shape index (κ1) is 26.7. The summed E-state index contributed by atoms with van der Waals surface area (Å²) in [6.07, 6.45) is 1.07. The summed E-state index contributed by atoms with van der Waals surface area (Å²) in [6.45, 7) is 0.141. The number of hydrogen-bond acceptors (Lipinski definition) is 6. The summed E-state index contributed by atoms with van der Waals surface area (Å²) in [5.74, 6) is -0.475. The van der Waals surface area contributed by atoms with Crippen LogP contribution >= 0.6 is 23.5 Å². The predicted molar refractivity (Wildman–Crippen MR) is 136 cm³/mol. The van der Waals surface area contributed by atoms with Crippen LogP contribution in [-0.2, 0) is 31.5 Å². The second-order valence-corrected chi connectivity index (χ2v) is 10.7. The van der Waals surface area contributed by atoms with E-state index in [4.69, 9.17) is 4.74 Å². The molecule has 0 saturated heterocycles. The molecule has 4 rings (SSSR count). The molecule has 0 aliphatic carbocycles. The molecule has 192 valence electrons. The van der Waals surface area contributed by atoms with E-state index in [-0.39, 0.29) is 17.8 Å². The van der Waals surface area contributed by atoms with Crippen LogP contribution in [0.25, 0.3) is 16.9 Å². The Morgan fingerprint density at radius 1 is 1.00 bits per heavy atom.